The van der Waals surface area contributed by atoms with Gasteiger partial charge in [0, 0.05) is 25.2 Å². The van der Waals surface area contributed by atoms with Gasteiger partial charge < -0.3 is 20.7 Å². The van der Waals surface area contributed by atoms with Gasteiger partial charge in [-0.15, -0.1) is 24.0 Å². The second kappa shape index (κ2) is 13.6. The van der Waals surface area contributed by atoms with Crippen LogP contribution in [-0.4, -0.2) is 63.1 Å². The zero-order valence-corrected chi connectivity index (χ0v) is 19.5. The molecule has 2 rings (SSSR count). The summed E-state index contributed by atoms with van der Waals surface area (Å²) in [7, 11) is 1.71. The molecule has 0 saturated carbocycles. The predicted octanol–water partition coefficient (Wildman–Crippen LogP) is 2.14. The van der Waals surface area contributed by atoms with Crippen LogP contribution in [0.3, 0.4) is 0 Å². The molecule has 1 saturated heterocycles. The van der Waals surface area contributed by atoms with E-state index in [-0.39, 0.29) is 42.5 Å². The molecule has 1 aliphatic heterocycles. The molecule has 0 radical (unpaired) electrons. The van der Waals surface area contributed by atoms with Gasteiger partial charge >= 0.3 is 0 Å². The number of nitrogens with zero attached hydrogens (tertiary/aromatic N) is 2. The Morgan fingerprint density at radius 3 is 2.46 bits per heavy atom. The van der Waals surface area contributed by atoms with Gasteiger partial charge in [-0.25, -0.2) is 4.99 Å². The normalized spacial score (nSPS) is 15.5. The summed E-state index contributed by atoms with van der Waals surface area (Å²) in [6.45, 7) is 8.25. The topological polar surface area (TPSA) is 78.0 Å². The number of carbonyl (C=O) groups excluding carboxylic acids is 1. The van der Waals surface area contributed by atoms with E-state index in [1.807, 2.05) is 26.0 Å². The summed E-state index contributed by atoms with van der Waals surface area (Å²) in [5.74, 6) is 1.49. The molecule has 28 heavy (non-hydrogen) atoms. The molecule has 7 nitrogen and oxygen atoms in total. The Morgan fingerprint density at radius 1 is 1.14 bits per heavy atom. The van der Waals surface area contributed by atoms with Crippen LogP contribution < -0.4 is 20.7 Å². The van der Waals surface area contributed by atoms with Gasteiger partial charge in [0.2, 0.25) is 5.91 Å². The maximum atomic E-state index is 11.7. The van der Waals surface area contributed by atoms with E-state index in [9.17, 15) is 4.79 Å². The van der Waals surface area contributed by atoms with Crippen molar-refractivity contribution >= 4 is 35.8 Å². The SMILES string of the molecule is CCNC(=O)CN=C(NCC)NCC(c1ccccc1OC)N1CCCC1.I. The molecule has 1 unspecified atom stereocenters. The first-order valence-corrected chi connectivity index (χ1v) is 9.85. The number of methoxy groups -OCH3 is 1. The van der Waals surface area contributed by atoms with E-state index in [1.165, 1.54) is 18.4 Å². The highest BCUT2D eigenvalue weighted by atomic mass is 127. The second-order valence-electron chi connectivity index (χ2n) is 6.53. The number of carbonyl (C=O) groups is 1. The maximum Gasteiger partial charge on any atom is 0.241 e. The van der Waals surface area contributed by atoms with Gasteiger partial charge in [0.15, 0.2) is 5.96 Å². The summed E-state index contributed by atoms with van der Waals surface area (Å²) in [6, 6.07) is 8.37. The number of nitrogens with one attached hydrogen (secondary N) is 3. The van der Waals surface area contributed by atoms with Crippen molar-refractivity contribution in [2.75, 3.05) is 46.4 Å². The standard InChI is InChI=1S/C20H33N5O2.HI/c1-4-21-19(26)15-24-20(22-5-2)23-14-17(25-12-8-9-13-25)16-10-6-7-11-18(16)27-3;/h6-7,10-11,17H,4-5,8-9,12-15H2,1-3H3,(H,21,26)(H2,22,23,24);1H. The first kappa shape index (κ1) is 24.5. The van der Waals surface area contributed by atoms with Crippen LogP contribution in [0.15, 0.2) is 29.3 Å². The summed E-state index contributed by atoms with van der Waals surface area (Å²) >= 11 is 0. The van der Waals surface area contributed by atoms with Crippen LogP contribution in [0.2, 0.25) is 0 Å². The zero-order chi connectivity index (χ0) is 19.5. The van der Waals surface area contributed by atoms with Crippen LogP contribution in [0.4, 0.5) is 0 Å². The summed E-state index contributed by atoms with van der Waals surface area (Å²) in [5, 5.41) is 9.39. The number of likely N-dealkylation sites (N-methyl/N-ethyl adjacent to an activating group) is 1. The van der Waals surface area contributed by atoms with Gasteiger partial charge in [-0.1, -0.05) is 18.2 Å². The maximum absolute atomic E-state index is 11.7. The van der Waals surface area contributed by atoms with Crippen molar-refractivity contribution in [1.29, 1.82) is 0 Å². The van der Waals surface area contributed by atoms with E-state index >= 15 is 0 Å². The molecular weight excluding hydrogens is 469 g/mol. The minimum absolute atomic E-state index is 0. The van der Waals surface area contributed by atoms with Crippen LogP contribution in [0.25, 0.3) is 0 Å². The molecule has 0 spiro atoms. The molecule has 3 N–H and O–H groups in total. The number of hydrogen-bond donors (Lipinski definition) is 3. The molecule has 1 heterocycles. The second-order valence-corrected chi connectivity index (χ2v) is 6.53. The third-order valence-electron chi connectivity index (χ3n) is 4.64. The molecule has 1 aromatic carbocycles. The van der Waals surface area contributed by atoms with E-state index in [2.05, 4.69) is 38.0 Å². The van der Waals surface area contributed by atoms with E-state index in [0.717, 1.165) is 25.4 Å². The number of guanidine groups is 1. The highest BCUT2D eigenvalue weighted by Gasteiger charge is 2.26. The smallest absolute Gasteiger partial charge is 0.241 e. The largest absolute Gasteiger partial charge is 0.496 e. The van der Waals surface area contributed by atoms with Crippen LogP contribution >= 0.6 is 24.0 Å². The molecule has 158 valence electrons. The highest BCUT2D eigenvalue weighted by Crippen LogP contribution is 2.31. The minimum atomic E-state index is -0.0736. The van der Waals surface area contributed by atoms with Gasteiger partial charge in [0.1, 0.15) is 12.3 Å². The van der Waals surface area contributed by atoms with E-state index in [1.54, 1.807) is 7.11 Å². The van der Waals surface area contributed by atoms with Gasteiger partial charge in [0.25, 0.3) is 0 Å². The number of benzene rings is 1. The van der Waals surface area contributed by atoms with E-state index < -0.39 is 0 Å². The molecule has 1 atom stereocenters. The van der Waals surface area contributed by atoms with Gasteiger partial charge in [-0.3, -0.25) is 9.69 Å². The lowest BCUT2D eigenvalue weighted by atomic mass is 10.0. The summed E-state index contributed by atoms with van der Waals surface area (Å²) in [5.41, 5.74) is 1.17. The molecule has 1 amide bonds. The summed E-state index contributed by atoms with van der Waals surface area (Å²) in [4.78, 5) is 18.6. The van der Waals surface area contributed by atoms with Crippen LogP contribution in [-0.2, 0) is 4.79 Å². The van der Waals surface area contributed by atoms with Crippen molar-refractivity contribution in [3.63, 3.8) is 0 Å². The number of aliphatic imine (C=N–C) groups is 1. The number of para-hydroxylation sites is 1. The van der Waals surface area contributed by atoms with Gasteiger partial charge in [-0.05, 0) is 45.8 Å². The summed E-state index contributed by atoms with van der Waals surface area (Å²) in [6.07, 6.45) is 2.44. The number of rotatable bonds is 9. The molecule has 0 bridgehead atoms. The fourth-order valence-electron chi connectivity index (χ4n) is 3.37. The Balaban J connectivity index is 0.00000392. The Morgan fingerprint density at radius 2 is 1.82 bits per heavy atom. The molecule has 1 fully saturated rings. The van der Waals surface area contributed by atoms with Crippen molar-refractivity contribution in [1.82, 2.24) is 20.9 Å². The van der Waals surface area contributed by atoms with E-state index in [0.29, 0.717) is 19.0 Å². The molecule has 0 aliphatic carbocycles. The van der Waals surface area contributed by atoms with Crippen LogP contribution in [0.1, 0.15) is 38.3 Å². The highest BCUT2D eigenvalue weighted by molar-refractivity contribution is 14.0. The molecule has 1 aliphatic rings. The lowest BCUT2D eigenvalue weighted by molar-refractivity contribution is -0.119. The molecular formula is C20H34IN5O2. The third kappa shape index (κ3) is 7.46. The van der Waals surface area contributed by atoms with Crippen LogP contribution in [0, 0.1) is 0 Å². The lowest BCUT2D eigenvalue weighted by Gasteiger charge is -2.30. The van der Waals surface area contributed by atoms with Gasteiger partial charge in [0.05, 0.1) is 13.2 Å². The quantitative estimate of drug-likeness (QED) is 0.274. The number of amides is 1. The number of likely N-dealkylation sites (tertiary alicyclic amines) is 1. The van der Waals surface area contributed by atoms with Crippen molar-refractivity contribution in [2.24, 2.45) is 4.99 Å². The Labute approximate surface area is 185 Å². The first-order valence-electron chi connectivity index (χ1n) is 9.85. The summed E-state index contributed by atoms with van der Waals surface area (Å²) < 4.78 is 5.59. The Bertz CT molecular complexity index is 620. The predicted molar refractivity (Wildman–Crippen MR) is 125 cm³/mol. The fourth-order valence-corrected chi connectivity index (χ4v) is 3.37. The number of halogens is 1. The van der Waals surface area contributed by atoms with E-state index in [4.69, 9.17) is 4.74 Å². The number of hydrogen-bond acceptors (Lipinski definition) is 4. The van der Waals surface area contributed by atoms with Crippen molar-refractivity contribution in [3.05, 3.63) is 29.8 Å². The Hall–Kier alpha value is -1.55. The van der Waals surface area contributed by atoms with Crippen molar-refractivity contribution in [3.8, 4) is 5.75 Å². The van der Waals surface area contributed by atoms with Gasteiger partial charge in [-0.2, -0.15) is 0 Å². The van der Waals surface area contributed by atoms with Crippen molar-refractivity contribution in [2.45, 2.75) is 32.7 Å². The number of ether oxygens (including phenoxy) is 1. The Kier molecular flexibility index (Phi) is 11.9. The molecule has 8 heteroatoms. The molecule has 0 aromatic heterocycles. The fraction of sp³-hybridized carbons (Fsp3) is 0.600. The van der Waals surface area contributed by atoms with Crippen LogP contribution in [0.5, 0.6) is 5.75 Å². The average molecular weight is 503 g/mol. The average Bonchev–Trinajstić information content (AvgIpc) is 3.21. The monoisotopic (exact) mass is 503 g/mol. The minimum Gasteiger partial charge on any atom is -0.496 e. The third-order valence-corrected chi connectivity index (χ3v) is 4.64. The molecule has 1 aromatic rings. The zero-order valence-electron chi connectivity index (χ0n) is 17.2. The first-order chi connectivity index (χ1) is 13.2. The van der Waals surface area contributed by atoms with Crippen molar-refractivity contribution < 1.29 is 9.53 Å². The lowest BCUT2D eigenvalue weighted by Crippen LogP contribution is -2.43.